The monoisotopic (exact) mass is 421 g/mol. The summed E-state index contributed by atoms with van der Waals surface area (Å²) in [7, 11) is 0. The highest BCUT2D eigenvalue weighted by Gasteiger charge is 2.27. The maximum atomic E-state index is 12.7. The highest BCUT2D eigenvalue weighted by atomic mass is 35.5. The second kappa shape index (κ2) is 9.18. The summed E-state index contributed by atoms with van der Waals surface area (Å²) >= 11 is 6.26. The van der Waals surface area contributed by atoms with E-state index in [0.29, 0.717) is 23.9 Å². The van der Waals surface area contributed by atoms with Gasteiger partial charge in [-0.1, -0.05) is 54.1 Å². The third-order valence-corrected chi connectivity index (χ3v) is 5.49. The Bertz CT molecular complexity index is 1070. The number of ether oxygens (including phenoxy) is 1. The molecule has 6 heteroatoms. The number of nitrogens with zero attached hydrogens (tertiary/aromatic N) is 2. The fraction of sp³-hybridized carbons (Fsp3) is 0.250. The molecule has 2 aromatic carbocycles. The van der Waals surface area contributed by atoms with Gasteiger partial charge in [0.25, 0.3) is 0 Å². The highest BCUT2D eigenvalue weighted by Crippen LogP contribution is 2.28. The van der Waals surface area contributed by atoms with Gasteiger partial charge in [0.1, 0.15) is 5.69 Å². The van der Waals surface area contributed by atoms with Crippen LogP contribution < -0.4 is 5.43 Å². The maximum absolute atomic E-state index is 12.7. The van der Waals surface area contributed by atoms with E-state index in [4.69, 9.17) is 16.3 Å². The molecule has 1 aromatic heterocycles. The first-order chi connectivity index (χ1) is 14.7. The number of aromatic nitrogens is 1. The molecule has 0 bridgehead atoms. The lowest BCUT2D eigenvalue weighted by Gasteiger charge is -2.19. The number of nitrogens with one attached hydrogen (secondary N) is 1. The average molecular weight is 422 g/mol. The van der Waals surface area contributed by atoms with Crippen LogP contribution in [0.5, 0.6) is 0 Å². The number of esters is 1. The Labute approximate surface area is 181 Å². The number of aryl methyl sites for hydroxylation is 1. The molecule has 4 rings (SSSR count). The molecule has 0 spiro atoms. The van der Waals surface area contributed by atoms with Crippen molar-refractivity contribution in [2.45, 2.75) is 32.7 Å². The molecule has 30 heavy (non-hydrogen) atoms. The number of carbonyl (C=O) groups excluding carboxylic acids is 1. The average Bonchev–Trinajstić information content (AvgIpc) is 3.13. The standard InChI is InChI=1S/C24H24ClN3O2/c1-2-30-24(29)22-15-18-11-8-14-21(27-26-20-13-7-6-12-19(20)25)23(18)28(22)16-17-9-4-3-5-10-17/h3-7,9-10,12-13,15,26H,2,8,11,14,16H2,1H3/b27-21+. The molecule has 0 aliphatic heterocycles. The quantitative estimate of drug-likeness (QED) is 0.421. The topological polar surface area (TPSA) is 55.6 Å². The molecular formula is C24H24ClN3O2. The van der Waals surface area contributed by atoms with E-state index in [9.17, 15) is 4.79 Å². The van der Waals surface area contributed by atoms with E-state index in [1.54, 1.807) is 0 Å². The van der Waals surface area contributed by atoms with Gasteiger partial charge in [-0.05, 0) is 55.5 Å². The summed E-state index contributed by atoms with van der Waals surface area (Å²) in [5.41, 5.74) is 8.58. The molecule has 5 nitrogen and oxygen atoms in total. The minimum absolute atomic E-state index is 0.304. The predicted molar refractivity (Wildman–Crippen MR) is 120 cm³/mol. The van der Waals surface area contributed by atoms with Crippen molar-refractivity contribution in [2.24, 2.45) is 5.10 Å². The summed E-state index contributed by atoms with van der Waals surface area (Å²) in [5.74, 6) is -0.304. The molecule has 0 saturated carbocycles. The summed E-state index contributed by atoms with van der Waals surface area (Å²) < 4.78 is 7.37. The molecule has 1 aliphatic rings. The van der Waals surface area contributed by atoms with Crippen molar-refractivity contribution >= 4 is 29.0 Å². The van der Waals surface area contributed by atoms with Gasteiger partial charge >= 0.3 is 5.97 Å². The van der Waals surface area contributed by atoms with Crippen LogP contribution in [-0.4, -0.2) is 22.9 Å². The zero-order valence-electron chi connectivity index (χ0n) is 16.9. The molecule has 1 N–H and O–H groups in total. The summed E-state index contributed by atoms with van der Waals surface area (Å²) in [6.45, 7) is 2.74. The number of hydrazone groups is 1. The molecule has 154 valence electrons. The largest absolute Gasteiger partial charge is 0.461 e. The van der Waals surface area contributed by atoms with Gasteiger partial charge in [0.05, 0.1) is 28.7 Å². The minimum Gasteiger partial charge on any atom is -0.461 e. The number of carbonyl (C=O) groups is 1. The van der Waals surface area contributed by atoms with Crippen LogP contribution in [0.25, 0.3) is 0 Å². The van der Waals surface area contributed by atoms with Crippen LogP contribution >= 0.6 is 11.6 Å². The molecule has 0 unspecified atom stereocenters. The summed E-state index contributed by atoms with van der Waals surface area (Å²) in [6.07, 6.45) is 2.72. The summed E-state index contributed by atoms with van der Waals surface area (Å²) in [6, 6.07) is 19.6. The van der Waals surface area contributed by atoms with Crippen LogP contribution in [0.2, 0.25) is 5.02 Å². The lowest BCUT2D eigenvalue weighted by Crippen LogP contribution is -2.21. The van der Waals surface area contributed by atoms with Crippen LogP contribution in [0.3, 0.4) is 0 Å². The second-order valence-corrected chi connectivity index (χ2v) is 7.61. The Morgan fingerprint density at radius 2 is 1.90 bits per heavy atom. The Morgan fingerprint density at radius 3 is 2.67 bits per heavy atom. The van der Waals surface area contributed by atoms with Gasteiger partial charge in [0.15, 0.2) is 0 Å². The Kier molecular flexibility index (Phi) is 6.19. The van der Waals surface area contributed by atoms with E-state index in [1.165, 1.54) is 0 Å². The first-order valence-corrected chi connectivity index (χ1v) is 10.6. The third kappa shape index (κ3) is 4.26. The van der Waals surface area contributed by atoms with Gasteiger partial charge in [-0.3, -0.25) is 5.43 Å². The van der Waals surface area contributed by atoms with E-state index in [-0.39, 0.29) is 5.97 Å². The number of benzene rings is 2. The number of rotatable bonds is 6. The van der Waals surface area contributed by atoms with Crippen molar-refractivity contribution in [1.82, 2.24) is 4.57 Å². The Morgan fingerprint density at radius 1 is 1.13 bits per heavy atom. The van der Waals surface area contributed by atoms with Gasteiger partial charge in [-0.25, -0.2) is 4.79 Å². The molecule has 0 fully saturated rings. The minimum atomic E-state index is -0.304. The fourth-order valence-corrected chi connectivity index (χ4v) is 3.97. The molecule has 1 heterocycles. The van der Waals surface area contributed by atoms with Crippen LogP contribution in [0.1, 0.15) is 47.1 Å². The van der Waals surface area contributed by atoms with Gasteiger partial charge < -0.3 is 9.30 Å². The number of hydrogen-bond donors (Lipinski definition) is 1. The second-order valence-electron chi connectivity index (χ2n) is 7.20. The van der Waals surface area contributed by atoms with Crippen molar-refractivity contribution in [3.8, 4) is 0 Å². The number of anilines is 1. The Balaban J connectivity index is 1.76. The third-order valence-electron chi connectivity index (χ3n) is 5.16. The van der Waals surface area contributed by atoms with Crippen molar-refractivity contribution in [1.29, 1.82) is 0 Å². The van der Waals surface area contributed by atoms with Crippen LogP contribution in [-0.2, 0) is 17.7 Å². The molecule has 1 aliphatic carbocycles. The van der Waals surface area contributed by atoms with Gasteiger partial charge in [0.2, 0.25) is 0 Å². The van der Waals surface area contributed by atoms with Crippen molar-refractivity contribution < 1.29 is 9.53 Å². The Hall–Kier alpha value is -3.05. The van der Waals surface area contributed by atoms with Crippen LogP contribution in [0.15, 0.2) is 65.8 Å². The lowest BCUT2D eigenvalue weighted by atomic mass is 9.96. The molecular weight excluding hydrogens is 398 g/mol. The summed E-state index contributed by atoms with van der Waals surface area (Å²) in [4.78, 5) is 12.7. The van der Waals surface area contributed by atoms with Crippen LogP contribution in [0, 0.1) is 0 Å². The van der Waals surface area contributed by atoms with E-state index >= 15 is 0 Å². The van der Waals surface area contributed by atoms with Crippen molar-refractivity contribution in [2.75, 3.05) is 12.0 Å². The SMILES string of the molecule is CCOC(=O)c1cc2c(n1Cc1ccccc1)/C(=N/Nc1ccccc1Cl)CCC2. The molecule has 0 radical (unpaired) electrons. The van der Waals surface area contributed by atoms with E-state index < -0.39 is 0 Å². The first kappa shape index (κ1) is 20.2. The molecule has 0 amide bonds. The predicted octanol–water partition coefficient (Wildman–Crippen LogP) is 5.52. The molecule has 3 aromatic rings. The summed E-state index contributed by atoms with van der Waals surface area (Å²) in [5, 5.41) is 5.30. The van der Waals surface area contributed by atoms with Crippen molar-refractivity contribution in [3.05, 3.63) is 88.2 Å². The number of hydrogen-bond acceptors (Lipinski definition) is 4. The smallest absolute Gasteiger partial charge is 0.354 e. The zero-order chi connectivity index (χ0) is 20.9. The number of halogens is 1. The molecule has 0 saturated heterocycles. The first-order valence-electron chi connectivity index (χ1n) is 10.2. The maximum Gasteiger partial charge on any atom is 0.354 e. The van der Waals surface area contributed by atoms with E-state index in [0.717, 1.165) is 47.5 Å². The van der Waals surface area contributed by atoms with E-state index in [1.807, 2.05) is 60.0 Å². The number of fused-ring (bicyclic) bond motifs is 1. The van der Waals surface area contributed by atoms with Gasteiger partial charge in [-0.15, -0.1) is 0 Å². The normalized spacial score (nSPS) is 14.4. The molecule has 0 atom stereocenters. The fourth-order valence-electron chi connectivity index (χ4n) is 3.79. The number of para-hydroxylation sites is 1. The van der Waals surface area contributed by atoms with Gasteiger partial charge in [0, 0.05) is 6.54 Å². The van der Waals surface area contributed by atoms with Crippen LogP contribution in [0.4, 0.5) is 5.69 Å². The highest BCUT2D eigenvalue weighted by molar-refractivity contribution is 6.33. The van der Waals surface area contributed by atoms with Gasteiger partial charge in [-0.2, -0.15) is 5.10 Å². The zero-order valence-corrected chi connectivity index (χ0v) is 17.7. The lowest BCUT2D eigenvalue weighted by molar-refractivity contribution is 0.0514. The van der Waals surface area contributed by atoms with E-state index in [2.05, 4.69) is 22.7 Å². The van der Waals surface area contributed by atoms with Crippen molar-refractivity contribution in [3.63, 3.8) is 0 Å².